The van der Waals surface area contributed by atoms with Crippen LogP contribution in [0.25, 0.3) is 6.08 Å². The third-order valence-electron chi connectivity index (χ3n) is 2.76. The average Bonchev–Trinajstić information content (AvgIpc) is 2.42. The van der Waals surface area contributed by atoms with Crippen molar-refractivity contribution in [2.75, 3.05) is 20.5 Å². The van der Waals surface area contributed by atoms with Crippen molar-refractivity contribution in [1.29, 1.82) is 0 Å². The zero-order chi connectivity index (χ0) is 13.2. The molecule has 1 aromatic rings. The molecule has 0 aromatic heterocycles. The van der Waals surface area contributed by atoms with Crippen LogP contribution < -0.4 is 0 Å². The van der Waals surface area contributed by atoms with Crippen LogP contribution in [0.15, 0.2) is 36.4 Å². The fraction of sp³-hybridized carbons (Fsp3) is 0.467. The van der Waals surface area contributed by atoms with Gasteiger partial charge in [-0.25, -0.2) is 0 Å². The summed E-state index contributed by atoms with van der Waals surface area (Å²) in [5.74, 6) is 0.108. The van der Waals surface area contributed by atoms with Gasteiger partial charge in [0.2, 0.25) is 0 Å². The van der Waals surface area contributed by atoms with Gasteiger partial charge in [-0.2, -0.15) is 0 Å². The van der Waals surface area contributed by atoms with Crippen LogP contribution >= 0.6 is 0 Å². The number of hydrogen-bond donors (Lipinski definition) is 1. The normalized spacial score (nSPS) is 14.8. The number of hydrogen-bond acceptors (Lipinski definition) is 3. The SMILES string of the molecule is COCOCC[C@H](O)C(C)/C=C/c1ccccc1. The Labute approximate surface area is 109 Å². The molecule has 1 aromatic carbocycles. The Hall–Kier alpha value is -1.16. The molecule has 2 atom stereocenters. The highest BCUT2D eigenvalue weighted by Crippen LogP contribution is 2.11. The lowest BCUT2D eigenvalue weighted by molar-refractivity contribution is -0.0420. The number of aliphatic hydroxyl groups excluding tert-OH is 1. The quantitative estimate of drug-likeness (QED) is 0.569. The molecule has 1 N–H and O–H groups in total. The van der Waals surface area contributed by atoms with Crippen LogP contribution in [-0.4, -0.2) is 31.7 Å². The lowest BCUT2D eigenvalue weighted by Crippen LogP contribution is -2.18. The molecule has 0 spiro atoms. The van der Waals surface area contributed by atoms with Crippen LogP contribution in [0.3, 0.4) is 0 Å². The van der Waals surface area contributed by atoms with E-state index in [1.165, 1.54) is 0 Å². The molecule has 0 fully saturated rings. The molecule has 3 nitrogen and oxygen atoms in total. The van der Waals surface area contributed by atoms with Gasteiger partial charge in [0, 0.05) is 13.0 Å². The summed E-state index contributed by atoms with van der Waals surface area (Å²) in [6, 6.07) is 10.1. The molecule has 0 amide bonds. The summed E-state index contributed by atoms with van der Waals surface area (Å²) in [5, 5.41) is 9.92. The van der Waals surface area contributed by atoms with Gasteiger partial charge in [-0.1, -0.05) is 49.4 Å². The third-order valence-corrected chi connectivity index (χ3v) is 2.76. The topological polar surface area (TPSA) is 38.7 Å². The summed E-state index contributed by atoms with van der Waals surface area (Å²) in [4.78, 5) is 0. The molecular weight excluding hydrogens is 228 g/mol. The predicted octanol–water partition coefficient (Wildman–Crippen LogP) is 2.71. The van der Waals surface area contributed by atoms with Crippen LogP contribution in [0.4, 0.5) is 0 Å². The summed E-state index contributed by atoms with van der Waals surface area (Å²) in [6.45, 7) is 2.79. The summed E-state index contributed by atoms with van der Waals surface area (Å²) in [7, 11) is 1.58. The standard InChI is InChI=1S/C15H22O3/c1-13(15(16)10-11-18-12-17-2)8-9-14-6-4-3-5-7-14/h3-9,13,15-16H,10-12H2,1-2H3/b9-8+/t13?,15-/m0/s1. The molecule has 1 rings (SSSR count). The van der Waals surface area contributed by atoms with Crippen molar-refractivity contribution >= 4 is 6.08 Å². The maximum Gasteiger partial charge on any atom is 0.146 e. The fourth-order valence-electron chi connectivity index (χ4n) is 1.56. The van der Waals surface area contributed by atoms with Gasteiger partial charge in [-0.3, -0.25) is 0 Å². The summed E-state index contributed by atoms with van der Waals surface area (Å²) >= 11 is 0. The van der Waals surface area contributed by atoms with E-state index in [-0.39, 0.29) is 18.8 Å². The van der Waals surface area contributed by atoms with E-state index < -0.39 is 0 Å². The molecule has 18 heavy (non-hydrogen) atoms. The minimum Gasteiger partial charge on any atom is -0.392 e. The molecule has 0 bridgehead atoms. The van der Waals surface area contributed by atoms with Crippen LogP contribution in [-0.2, 0) is 9.47 Å². The van der Waals surface area contributed by atoms with E-state index in [0.717, 1.165) is 5.56 Å². The van der Waals surface area contributed by atoms with Crippen LogP contribution in [0, 0.1) is 5.92 Å². The Bertz CT molecular complexity index is 335. The summed E-state index contributed by atoms with van der Waals surface area (Å²) in [5.41, 5.74) is 1.15. The van der Waals surface area contributed by atoms with E-state index in [2.05, 4.69) is 0 Å². The van der Waals surface area contributed by atoms with Crippen molar-refractivity contribution in [3.63, 3.8) is 0 Å². The summed E-state index contributed by atoms with van der Waals surface area (Å²) < 4.78 is 9.93. The fourth-order valence-corrected chi connectivity index (χ4v) is 1.56. The minimum atomic E-state index is -0.387. The molecule has 0 saturated carbocycles. The first kappa shape index (κ1) is 14.9. The maximum atomic E-state index is 9.92. The number of methoxy groups -OCH3 is 1. The zero-order valence-electron chi connectivity index (χ0n) is 11.1. The predicted molar refractivity (Wildman–Crippen MR) is 73.1 cm³/mol. The van der Waals surface area contributed by atoms with Gasteiger partial charge in [0.1, 0.15) is 6.79 Å². The monoisotopic (exact) mass is 250 g/mol. The van der Waals surface area contributed by atoms with E-state index in [1.54, 1.807) is 7.11 Å². The molecule has 0 heterocycles. The van der Waals surface area contributed by atoms with Crippen LogP contribution in [0.5, 0.6) is 0 Å². The smallest absolute Gasteiger partial charge is 0.146 e. The molecule has 0 radical (unpaired) electrons. The Morgan fingerprint density at radius 1 is 1.28 bits per heavy atom. The number of benzene rings is 1. The van der Waals surface area contributed by atoms with E-state index in [1.807, 2.05) is 49.4 Å². The Morgan fingerprint density at radius 3 is 2.67 bits per heavy atom. The third kappa shape index (κ3) is 5.96. The molecule has 100 valence electrons. The highest BCUT2D eigenvalue weighted by molar-refractivity contribution is 5.48. The van der Waals surface area contributed by atoms with Crippen molar-refractivity contribution in [2.45, 2.75) is 19.4 Å². The first-order chi connectivity index (χ1) is 8.74. The molecular formula is C15H22O3. The molecule has 0 aliphatic rings. The van der Waals surface area contributed by atoms with Crippen molar-refractivity contribution in [3.05, 3.63) is 42.0 Å². The van der Waals surface area contributed by atoms with E-state index >= 15 is 0 Å². The number of ether oxygens (including phenoxy) is 2. The van der Waals surface area contributed by atoms with Crippen LogP contribution in [0.2, 0.25) is 0 Å². The molecule has 0 aliphatic heterocycles. The van der Waals surface area contributed by atoms with Crippen molar-refractivity contribution in [1.82, 2.24) is 0 Å². The second-order valence-corrected chi connectivity index (χ2v) is 4.30. The number of aliphatic hydroxyl groups is 1. The van der Waals surface area contributed by atoms with Gasteiger partial charge >= 0.3 is 0 Å². The average molecular weight is 250 g/mol. The molecule has 0 saturated heterocycles. The molecule has 3 heteroatoms. The largest absolute Gasteiger partial charge is 0.392 e. The van der Waals surface area contributed by atoms with E-state index in [9.17, 15) is 5.11 Å². The highest BCUT2D eigenvalue weighted by Gasteiger charge is 2.10. The van der Waals surface area contributed by atoms with E-state index in [0.29, 0.717) is 13.0 Å². The van der Waals surface area contributed by atoms with Gasteiger partial charge < -0.3 is 14.6 Å². The summed E-state index contributed by atoms with van der Waals surface area (Å²) in [6.07, 6.45) is 4.28. The Balaban J connectivity index is 2.31. The second kappa shape index (κ2) is 8.86. The van der Waals surface area contributed by atoms with Crippen molar-refractivity contribution in [3.8, 4) is 0 Å². The molecule has 0 aliphatic carbocycles. The van der Waals surface area contributed by atoms with Gasteiger partial charge in [0.05, 0.1) is 12.7 Å². The van der Waals surface area contributed by atoms with E-state index in [4.69, 9.17) is 9.47 Å². The van der Waals surface area contributed by atoms with Gasteiger partial charge in [0.25, 0.3) is 0 Å². The highest BCUT2D eigenvalue weighted by atomic mass is 16.7. The zero-order valence-corrected chi connectivity index (χ0v) is 11.1. The van der Waals surface area contributed by atoms with Crippen LogP contribution in [0.1, 0.15) is 18.9 Å². The van der Waals surface area contributed by atoms with Gasteiger partial charge in [-0.05, 0) is 12.0 Å². The minimum absolute atomic E-state index is 0.108. The molecule has 1 unspecified atom stereocenters. The Morgan fingerprint density at radius 2 is 2.00 bits per heavy atom. The van der Waals surface area contributed by atoms with Gasteiger partial charge in [-0.15, -0.1) is 0 Å². The second-order valence-electron chi connectivity index (χ2n) is 4.30. The maximum absolute atomic E-state index is 9.92. The lowest BCUT2D eigenvalue weighted by Gasteiger charge is -2.15. The van der Waals surface area contributed by atoms with Gasteiger partial charge in [0.15, 0.2) is 0 Å². The number of rotatable bonds is 8. The Kier molecular flexibility index (Phi) is 7.34. The van der Waals surface area contributed by atoms with Crippen molar-refractivity contribution in [2.24, 2.45) is 5.92 Å². The van der Waals surface area contributed by atoms with Crippen molar-refractivity contribution < 1.29 is 14.6 Å². The lowest BCUT2D eigenvalue weighted by atomic mass is 10.0. The first-order valence-corrected chi connectivity index (χ1v) is 6.22. The first-order valence-electron chi connectivity index (χ1n) is 6.22.